The first kappa shape index (κ1) is 13.5. The molecule has 0 bridgehead atoms. The van der Waals surface area contributed by atoms with Crippen LogP contribution in [0.2, 0.25) is 0 Å². The lowest BCUT2D eigenvalue weighted by Gasteiger charge is -2.17. The molecule has 0 saturated carbocycles. The molecule has 1 amide bonds. The molecule has 1 fully saturated rings. The summed E-state index contributed by atoms with van der Waals surface area (Å²) in [6.07, 6.45) is 0.860. The van der Waals surface area contributed by atoms with Gasteiger partial charge in [-0.2, -0.15) is 0 Å². The molecule has 2 rings (SSSR count). The van der Waals surface area contributed by atoms with Gasteiger partial charge in [-0.3, -0.25) is 14.9 Å². The zero-order chi connectivity index (χ0) is 14.0. The number of carbonyl (C=O) groups excluding carboxylic acids is 1. The second-order valence-electron chi connectivity index (χ2n) is 4.60. The standard InChI is InChI=1S/C13H16N2O4/c1-9-11(4-3-5-12(9)15(17)18)13(16)14-7-6-10(8-14)19-2/h3-5,10H,6-8H2,1-2H3. The van der Waals surface area contributed by atoms with Crippen LogP contribution in [0.5, 0.6) is 0 Å². The number of nitrogens with zero attached hydrogens (tertiary/aromatic N) is 2. The number of amides is 1. The number of rotatable bonds is 3. The Kier molecular flexibility index (Phi) is 3.80. The average Bonchev–Trinajstić information content (AvgIpc) is 2.86. The summed E-state index contributed by atoms with van der Waals surface area (Å²) >= 11 is 0. The van der Waals surface area contributed by atoms with Gasteiger partial charge in [-0.1, -0.05) is 6.07 Å². The summed E-state index contributed by atoms with van der Waals surface area (Å²) in [7, 11) is 1.62. The molecule has 1 aliphatic rings. The number of hydrogen-bond donors (Lipinski definition) is 0. The molecule has 1 aromatic carbocycles. The Bertz CT molecular complexity index is 515. The van der Waals surface area contributed by atoms with E-state index in [1.807, 2.05) is 0 Å². The topological polar surface area (TPSA) is 72.7 Å². The fraction of sp³-hybridized carbons (Fsp3) is 0.462. The number of carbonyl (C=O) groups is 1. The monoisotopic (exact) mass is 264 g/mol. The van der Waals surface area contributed by atoms with E-state index in [1.54, 1.807) is 31.1 Å². The van der Waals surface area contributed by atoms with Crippen LogP contribution in [0.3, 0.4) is 0 Å². The van der Waals surface area contributed by atoms with Crippen LogP contribution in [-0.4, -0.2) is 42.0 Å². The molecule has 19 heavy (non-hydrogen) atoms. The predicted octanol–water partition coefficient (Wildman–Crippen LogP) is 1.76. The fourth-order valence-corrected chi connectivity index (χ4v) is 2.33. The molecule has 0 aliphatic carbocycles. The first-order valence-corrected chi connectivity index (χ1v) is 6.10. The van der Waals surface area contributed by atoms with Crippen LogP contribution in [0.1, 0.15) is 22.3 Å². The van der Waals surface area contributed by atoms with Crippen LogP contribution in [0, 0.1) is 17.0 Å². The maximum atomic E-state index is 12.4. The normalized spacial score (nSPS) is 18.6. The van der Waals surface area contributed by atoms with E-state index < -0.39 is 4.92 Å². The van der Waals surface area contributed by atoms with Gasteiger partial charge in [-0.25, -0.2) is 0 Å². The Morgan fingerprint density at radius 2 is 2.26 bits per heavy atom. The van der Waals surface area contributed by atoms with Crippen LogP contribution in [0.15, 0.2) is 18.2 Å². The van der Waals surface area contributed by atoms with Gasteiger partial charge in [-0.05, 0) is 19.4 Å². The average molecular weight is 264 g/mol. The highest BCUT2D eigenvalue weighted by Crippen LogP contribution is 2.24. The summed E-state index contributed by atoms with van der Waals surface area (Å²) in [5.74, 6) is -0.166. The van der Waals surface area contributed by atoms with Gasteiger partial charge < -0.3 is 9.64 Å². The highest BCUT2D eigenvalue weighted by Gasteiger charge is 2.28. The van der Waals surface area contributed by atoms with Gasteiger partial charge in [0.2, 0.25) is 0 Å². The Balaban J connectivity index is 2.25. The predicted molar refractivity (Wildman–Crippen MR) is 69.2 cm³/mol. The third kappa shape index (κ3) is 2.58. The third-order valence-electron chi connectivity index (χ3n) is 3.50. The highest BCUT2D eigenvalue weighted by atomic mass is 16.6. The Labute approximate surface area is 111 Å². The van der Waals surface area contributed by atoms with Crippen molar-refractivity contribution in [1.29, 1.82) is 0 Å². The number of hydrogen-bond acceptors (Lipinski definition) is 4. The minimum Gasteiger partial charge on any atom is -0.380 e. The summed E-state index contributed by atoms with van der Waals surface area (Å²) in [4.78, 5) is 24.4. The van der Waals surface area contributed by atoms with E-state index in [2.05, 4.69) is 0 Å². The van der Waals surface area contributed by atoms with Gasteiger partial charge in [0.25, 0.3) is 11.6 Å². The van der Waals surface area contributed by atoms with E-state index in [0.29, 0.717) is 24.2 Å². The first-order valence-electron chi connectivity index (χ1n) is 6.10. The molecule has 6 heteroatoms. The molecule has 0 radical (unpaired) electrons. The van der Waals surface area contributed by atoms with Crippen LogP contribution >= 0.6 is 0 Å². The van der Waals surface area contributed by atoms with Crippen molar-refractivity contribution in [2.45, 2.75) is 19.4 Å². The molecule has 0 spiro atoms. The molecule has 0 aromatic heterocycles. The van der Waals surface area contributed by atoms with Gasteiger partial charge in [-0.15, -0.1) is 0 Å². The number of nitro benzene ring substituents is 1. The second-order valence-corrected chi connectivity index (χ2v) is 4.60. The van der Waals surface area contributed by atoms with Gasteiger partial charge >= 0.3 is 0 Å². The lowest BCUT2D eigenvalue weighted by atomic mass is 10.1. The molecule has 6 nitrogen and oxygen atoms in total. The van der Waals surface area contributed by atoms with Crippen molar-refractivity contribution in [1.82, 2.24) is 4.90 Å². The van der Waals surface area contributed by atoms with E-state index >= 15 is 0 Å². The highest BCUT2D eigenvalue weighted by molar-refractivity contribution is 5.96. The molecule has 1 saturated heterocycles. The molecule has 1 aromatic rings. The largest absolute Gasteiger partial charge is 0.380 e. The molecule has 1 unspecified atom stereocenters. The SMILES string of the molecule is COC1CCN(C(=O)c2cccc([N+](=O)[O-])c2C)C1. The minimum atomic E-state index is -0.464. The van der Waals surface area contributed by atoms with Crippen LogP contribution < -0.4 is 0 Å². The summed E-state index contributed by atoms with van der Waals surface area (Å²) in [5.41, 5.74) is 0.789. The maximum absolute atomic E-state index is 12.4. The Morgan fingerprint density at radius 3 is 2.84 bits per heavy atom. The molecule has 1 aliphatic heterocycles. The lowest BCUT2D eigenvalue weighted by molar-refractivity contribution is -0.385. The van der Waals surface area contributed by atoms with Gasteiger partial charge in [0.1, 0.15) is 0 Å². The van der Waals surface area contributed by atoms with Crippen molar-refractivity contribution in [3.05, 3.63) is 39.4 Å². The maximum Gasteiger partial charge on any atom is 0.273 e. The smallest absolute Gasteiger partial charge is 0.273 e. The number of ether oxygens (including phenoxy) is 1. The van der Waals surface area contributed by atoms with Crippen LogP contribution in [-0.2, 0) is 4.74 Å². The van der Waals surface area contributed by atoms with Crippen molar-refractivity contribution in [3.63, 3.8) is 0 Å². The Morgan fingerprint density at radius 1 is 1.53 bits per heavy atom. The zero-order valence-corrected chi connectivity index (χ0v) is 11.0. The van der Waals surface area contributed by atoms with Crippen molar-refractivity contribution in [2.75, 3.05) is 20.2 Å². The second kappa shape index (κ2) is 5.36. The summed E-state index contributed by atoms with van der Waals surface area (Å²) < 4.78 is 5.22. The third-order valence-corrected chi connectivity index (χ3v) is 3.50. The molecule has 102 valence electrons. The first-order chi connectivity index (χ1) is 9.04. The molecule has 0 N–H and O–H groups in total. The molecular weight excluding hydrogens is 248 g/mol. The van der Waals surface area contributed by atoms with E-state index in [4.69, 9.17) is 4.74 Å². The number of likely N-dealkylation sites (tertiary alicyclic amines) is 1. The van der Waals surface area contributed by atoms with Gasteiger partial charge in [0.05, 0.1) is 11.0 Å². The van der Waals surface area contributed by atoms with Crippen molar-refractivity contribution >= 4 is 11.6 Å². The quantitative estimate of drug-likeness (QED) is 0.616. The zero-order valence-electron chi connectivity index (χ0n) is 11.0. The van der Waals surface area contributed by atoms with Gasteiger partial charge in [0.15, 0.2) is 0 Å². The van der Waals surface area contributed by atoms with E-state index in [1.165, 1.54) is 6.07 Å². The number of benzene rings is 1. The lowest BCUT2D eigenvalue weighted by Crippen LogP contribution is -2.30. The van der Waals surface area contributed by atoms with Crippen molar-refractivity contribution < 1.29 is 14.5 Å². The summed E-state index contributed by atoms with van der Waals surface area (Å²) in [6.45, 7) is 2.77. The number of nitro groups is 1. The van der Waals surface area contributed by atoms with E-state index in [9.17, 15) is 14.9 Å². The summed E-state index contributed by atoms with van der Waals surface area (Å²) in [6, 6.07) is 4.58. The van der Waals surface area contributed by atoms with E-state index in [0.717, 1.165) is 6.42 Å². The van der Waals surface area contributed by atoms with E-state index in [-0.39, 0.29) is 17.7 Å². The van der Waals surface area contributed by atoms with Gasteiger partial charge in [0, 0.05) is 37.4 Å². The molecular formula is C13H16N2O4. The van der Waals surface area contributed by atoms with Crippen LogP contribution in [0.4, 0.5) is 5.69 Å². The fourth-order valence-electron chi connectivity index (χ4n) is 2.33. The Hall–Kier alpha value is -1.95. The molecule has 1 heterocycles. The molecule has 1 atom stereocenters. The summed E-state index contributed by atoms with van der Waals surface area (Å²) in [5, 5.41) is 10.9. The van der Waals surface area contributed by atoms with Crippen LogP contribution in [0.25, 0.3) is 0 Å². The minimum absolute atomic E-state index is 0.0201. The van der Waals surface area contributed by atoms with Crippen molar-refractivity contribution in [2.24, 2.45) is 0 Å². The van der Waals surface area contributed by atoms with Crippen molar-refractivity contribution in [3.8, 4) is 0 Å². The number of methoxy groups -OCH3 is 1.